The van der Waals surface area contributed by atoms with E-state index in [1.807, 2.05) is 6.08 Å². The molecular weight excluding hydrogens is 345 g/mol. The van der Waals surface area contributed by atoms with Gasteiger partial charge in [-0.3, -0.25) is 0 Å². The summed E-state index contributed by atoms with van der Waals surface area (Å²) >= 11 is 2.08. The highest BCUT2D eigenvalue weighted by Gasteiger charge is 2.20. The minimum absolute atomic E-state index is 0. The first-order valence-electron chi connectivity index (χ1n) is 6.07. The smallest absolute Gasteiger partial charge is 0.194 e. The van der Waals surface area contributed by atoms with Gasteiger partial charge in [0.25, 0.3) is 0 Å². The summed E-state index contributed by atoms with van der Waals surface area (Å²) in [5.41, 5.74) is 0. The number of guanidine groups is 1. The summed E-state index contributed by atoms with van der Waals surface area (Å²) in [7, 11) is 0. The van der Waals surface area contributed by atoms with Crippen molar-refractivity contribution in [3.05, 3.63) is 12.7 Å². The van der Waals surface area contributed by atoms with E-state index >= 15 is 0 Å². The lowest BCUT2D eigenvalue weighted by Crippen LogP contribution is -2.48. The number of aliphatic imine (C=N–C) groups is 1. The van der Waals surface area contributed by atoms with Gasteiger partial charge in [0.1, 0.15) is 0 Å². The fourth-order valence-corrected chi connectivity index (χ4v) is 2.92. The largest absolute Gasteiger partial charge is 0.357 e. The fraction of sp³-hybridized carbons (Fsp3) is 0.750. The molecule has 0 aromatic carbocycles. The molecule has 1 aliphatic rings. The van der Waals surface area contributed by atoms with Gasteiger partial charge < -0.3 is 10.2 Å². The van der Waals surface area contributed by atoms with Crippen LogP contribution in [0.2, 0.25) is 0 Å². The summed E-state index contributed by atoms with van der Waals surface area (Å²) in [6, 6.07) is 0. The normalized spacial score (nSPS) is 20.7. The van der Waals surface area contributed by atoms with Crippen molar-refractivity contribution in [3.8, 4) is 0 Å². The predicted octanol–water partition coefficient (Wildman–Crippen LogP) is 2.58. The number of hydrogen-bond donors (Lipinski definition) is 1. The quantitative estimate of drug-likeness (QED) is 0.357. The Balaban J connectivity index is 0.00000256. The maximum Gasteiger partial charge on any atom is 0.194 e. The van der Waals surface area contributed by atoms with Crippen molar-refractivity contribution in [1.82, 2.24) is 10.2 Å². The van der Waals surface area contributed by atoms with E-state index in [2.05, 4.69) is 47.4 Å². The minimum atomic E-state index is 0. The second kappa shape index (κ2) is 10.1. The van der Waals surface area contributed by atoms with Crippen molar-refractivity contribution in [3.63, 3.8) is 0 Å². The van der Waals surface area contributed by atoms with Crippen molar-refractivity contribution in [2.24, 2.45) is 4.99 Å². The fourth-order valence-electron chi connectivity index (χ4n) is 1.74. The van der Waals surface area contributed by atoms with Gasteiger partial charge in [-0.1, -0.05) is 13.0 Å². The van der Waals surface area contributed by atoms with E-state index in [1.165, 1.54) is 12.2 Å². The molecule has 1 fully saturated rings. The molecule has 3 nitrogen and oxygen atoms in total. The average molecular weight is 369 g/mol. The lowest BCUT2D eigenvalue weighted by molar-refractivity contribution is 0.409. The van der Waals surface area contributed by atoms with Crippen LogP contribution in [-0.4, -0.2) is 48.0 Å². The Bertz CT molecular complexity index is 246. The molecule has 5 heteroatoms. The third kappa shape index (κ3) is 5.99. The predicted molar refractivity (Wildman–Crippen MR) is 89.7 cm³/mol. The van der Waals surface area contributed by atoms with Crippen LogP contribution in [0, 0.1) is 0 Å². The molecule has 0 saturated carbocycles. The average Bonchev–Trinajstić information content (AvgIpc) is 2.34. The van der Waals surface area contributed by atoms with E-state index in [-0.39, 0.29) is 24.0 Å². The van der Waals surface area contributed by atoms with Gasteiger partial charge in [-0.15, -0.1) is 30.6 Å². The van der Waals surface area contributed by atoms with Crippen LogP contribution in [0.3, 0.4) is 0 Å². The number of nitrogens with one attached hydrogen (secondary N) is 1. The highest BCUT2D eigenvalue weighted by molar-refractivity contribution is 14.0. The molecule has 1 unspecified atom stereocenters. The van der Waals surface area contributed by atoms with E-state index in [1.54, 1.807) is 0 Å². The summed E-state index contributed by atoms with van der Waals surface area (Å²) in [4.78, 5) is 6.90. The lowest BCUT2D eigenvalue weighted by Gasteiger charge is -2.34. The van der Waals surface area contributed by atoms with E-state index in [4.69, 9.17) is 0 Å². The number of halogens is 1. The van der Waals surface area contributed by atoms with Gasteiger partial charge in [-0.25, -0.2) is 4.99 Å². The van der Waals surface area contributed by atoms with E-state index in [0.717, 1.165) is 30.8 Å². The SMILES string of the molecule is C=CCN=C(NCC)N1CCSC(CC)C1.I. The van der Waals surface area contributed by atoms with E-state index in [0.29, 0.717) is 6.54 Å². The highest BCUT2D eigenvalue weighted by atomic mass is 127. The molecule has 0 aromatic rings. The minimum Gasteiger partial charge on any atom is -0.357 e. The summed E-state index contributed by atoms with van der Waals surface area (Å²) in [6.07, 6.45) is 3.08. The summed E-state index contributed by atoms with van der Waals surface area (Å²) in [5.74, 6) is 2.25. The molecule has 17 heavy (non-hydrogen) atoms. The second-order valence-corrected chi connectivity index (χ2v) is 5.24. The van der Waals surface area contributed by atoms with Gasteiger partial charge in [-0.2, -0.15) is 11.8 Å². The second-order valence-electron chi connectivity index (χ2n) is 3.83. The first kappa shape index (κ1) is 17.1. The maximum absolute atomic E-state index is 4.53. The summed E-state index contributed by atoms with van der Waals surface area (Å²) in [6.45, 7) is 11.9. The lowest BCUT2D eigenvalue weighted by atomic mass is 10.3. The van der Waals surface area contributed by atoms with Gasteiger partial charge >= 0.3 is 0 Å². The number of nitrogens with zero attached hydrogens (tertiary/aromatic N) is 2. The number of hydrogen-bond acceptors (Lipinski definition) is 2. The van der Waals surface area contributed by atoms with Crippen LogP contribution in [-0.2, 0) is 0 Å². The van der Waals surface area contributed by atoms with Crippen LogP contribution in [0.25, 0.3) is 0 Å². The molecule has 1 aliphatic heterocycles. The van der Waals surface area contributed by atoms with Crippen LogP contribution in [0.1, 0.15) is 20.3 Å². The molecule has 1 N–H and O–H groups in total. The first-order chi connectivity index (χ1) is 7.81. The van der Waals surface area contributed by atoms with Crippen molar-refractivity contribution < 1.29 is 0 Å². The Morgan fingerprint density at radius 1 is 1.59 bits per heavy atom. The molecule has 0 bridgehead atoms. The van der Waals surface area contributed by atoms with Gasteiger partial charge in [-0.05, 0) is 13.3 Å². The van der Waals surface area contributed by atoms with Crippen molar-refractivity contribution >= 4 is 41.7 Å². The Labute approximate surface area is 127 Å². The molecule has 1 atom stereocenters. The molecule has 1 saturated heterocycles. The van der Waals surface area contributed by atoms with Crippen molar-refractivity contribution in [2.45, 2.75) is 25.5 Å². The Hall–Kier alpha value is 0.0900. The van der Waals surface area contributed by atoms with Crippen LogP contribution < -0.4 is 5.32 Å². The van der Waals surface area contributed by atoms with E-state index in [9.17, 15) is 0 Å². The zero-order chi connectivity index (χ0) is 11.8. The zero-order valence-corrected chi connectivity index (χ0v) is 14.0. The third-order valence-corrected chi connectivity index (χ3v) is 3.97. The molecule has 1 rings (SSSR count). The molecule has 0 spiro atoms. The third-order valence-electron chi connectivity index (χ3n) is 2.60. The first-order valence-corrected chi connectivity index (χ1v) is 7.12. The highest BCUT2D eigenvalue weighted by Crippen LogP contribution is 2.20. The van der Waals surface area contributed by atoms with Gasteiger partial charge in [0.15, 0.2) is 5.96 Å². The van der Waals surface area contributed by atoms with Crippen molar-refractivity contribution in [1.29, 1.82) is 0 Å². The summed E-state index contributed by atoms with van der Waals surface area (Å²) in [5, 5.41) is 4.10. The monoisotopic (exact) mass is 369 g/mol. The van der Waals surface area contributed by atoms with Gasteiger partial charge in [0, 0.05) is 30.6 Å². The van der Waals surface area contributed by atoms with E-state index < -0.39 is 0 Å². The van der Waals surface area contributed by atoms with Gasteiger partial charge in [0.05, 0.1) is 6.54 Å². The Morgan fingerprint density at radius 2 is 2.35 bits per heavy atom. The van der Waals surface area contributed by atoms with Crippen LogP contribution >= 0.6 is 35.7 Å². The molecule has 1 heterocycles. The topological polar surface area (TPSA) is 27.6 Å². The van der Waals surface area contributed by atoms with Crippen LogP contribution in [0.15, 0.2) is 17.6 Å². The number of thioether (sulfide) groups is 1. The Morgan fingerprint density at radius 3 is 2.94 bits per heavy atom. The molecule has 0 amide bonds. The Kier molecular flexibility index (Phi) is 10.1. The van der Waals surface area contributed by atoms with Crippen LogP contribution in [0.5, 0.6) is 0 Å². The summed E-state index contributed by atoms with van der Waals surface area (Å²) < 4.78 is 0. The van der Waals surface area contributed by atoms with Crippen molar-refractivity contribution in [2.75, 3.05) is 31.9 Å². The molecule has 100 valence electrons. The van der Waals surface area contributed by atoms with Gasteiger partial charge in [0.2, 0.25) is 0 Å². The molecular formula is C12H24IN3S. The molecule has 0 aliphatic carbocycles. The van der Waals surface area contributed by atoms with Crippen LogP contribution in [0.4, 0.5) is 0 Å². The number of rotatable bonds is 4. The molecule has 0 aromatic heterocycles. The zero-order valence-electron chi connectivity index (χ0n) is 10.8. The molecule has 0 radical (unpaired) electrons. The maximum atomic E-state index is 4.53. The standard InChI is InChI=1S/C12H23N3S.HI/c1-4-7-14-12(13-6-3)15-8-9-16-11(5-2)10-15;/h4,11H,1,5-10H2,2-3H3,(H,13,14);1H.